The lowest BCUT2D eigenvalue weighted by atomic mass is 9.85. The van der Waals surface area contributed by atoms with Crippen LogP contribution in [0.25, 0.3) is 0 Å². The molecular formula is C20H23FN2O. The van der Waals surface area contributed by atoms with Gasteiger partial charge in [-0.15, -0.1) is 0 Å². The van der Waals surface area contributed by atoms with Crippen LogP contribution in [0.3, 0.4) is 0 Å². The molecule has 3 rings (SSSR count). The maximum atomic E-state index is 14.3. The molecule has 0 fully saturated rings. The van der Waals surface area contributed by atoms with Gasteiger partial charge >= 0.3 is 0 Å². The number of nitrogens with zero attached hydrogens (tertiary/aromatic N) is 2. The molecule has 0 saturated carbocycles. The number of hydrogen-bond acceptors (Lipinski definition) is 2. The average molecular weight is 326 g/mol. The second kappa shape index (κ2) is 6.73. The maximum absolute atomic E-state index is 14.3. The lowest BCUT2D eigenvalue weighted by Crippen LogP contribution is -2.22. The summed E-state index contributed by atoms with van der Waals surface area (Å²) < 4.78 is 14.3. The highest BCUT2D eigenvalue weighted by molar-refractivity contribution is 5.94. The Balaban J connectivity index is 2.07. The van der Waals surface area contributed by atoms with E-state index in [2.05, 4.69) is 11.9 Å². The smallest absolute Gasteiger partial charge is 0.253 e. The molecular weight excluding hydrogens is 303 g/mol. The molecule has 1 heterocycles. The van der Waals surface area contributed by atoms with E-state index in [0.717, 1.165) is 36.2 Å². The standard InChI is InChI=1S/C20H23FN2O/c1-22(2)20(24)14-8-9-16-15(12-14)13-23(3)11-10-17(16)18-6-4-5-7-19(18)21/h4-9,12,17H,10-11,13H2,1-3H3. The summed E-state index contributed by atoms with van der Waals surface area (Å²) in [6.07, 6.45) is 0.866. The Morgan fingerprint density at radius 1 is 1.17 bits per heavy atom. The highest BCUT2D eigenvalue weighted by Crippen LogP contribution is 2.35. The fourth-order valence-corrected chi connectivity index (χ4v) is 3.43. The van der Waals surface area contributed by atoms with Crippen LogP contribution in [0.5, 0.6) is 0 Å². The third kappa shape index (κ3) is 3.20. The summed E-state index contributed by atoms with van der Waals surface area (Å²) in [7, 11) is 5.57. The second-order valence-electron chi connectivity index (χ2n) is 6.71. The Hall–Kier alpha value is -2.20. The van der Waals surface area contributed by atoms with Crippen LogP contribution < -0.4 is 0 Å². The van der Waals surface area contributed by atoms with Crippen LogP contribution in [0.15, 0.2) is 42.5 Å². The van der Waals surface area contributed by atoms with Crippen molar-refractivity contribution >= 4 is 5.91 Å². The molecule has 0 radical (unpaired) electrons. The minimum Gasteiger partial charge on any atom is -0.345 e. The fraction of sp³-hybridized carbons (Fsp3) is 0.350. The molecule has 1 unspecified atom stereocenters. The first-order chi connectivity index (χ1) is 11.5. The molecule has 0 N–H and O–H groups in total. The van der Waals surface area contributed by atoms with E-state index in [4.69, 9.17) is 0 Å². The van der Waals surface area contributed by atoms with Crippen molar-refractivity contribution in [3.8, 4) is 0 Å². The van der Waals surface area contributed by atoms with Crippen molar-refractivity contribution in [3.63, 3.8) is 0 Å². The number of hydrogen-bond donors (Lipinski definition) is 0. The first-order valence-electron chi connectivity index (χ1n) is 8.25. The van der Waals surface area contributed by atoms with E-state index in [1.165, 1.54) is 6.07 Å². The van der Waals surface area contributed by atoms with Gasteiger partial charge < -0.3 is 9.80 Å². The van der Waals surface area contributed by atoms with Crippen LogP contribution in [-0.2, 0) is 6.54 Å². The van der Waals surface area contributed by atoms with E-state index >= 15 is 0 Å². The zero-order valence-corrected chi connectivity index (χ0v) is 14.4. The molecule has 24 heavy (non-hydrogen) atoms. The lowest BCUT2D eigenvalue weighted by Gasteiger charge is -2.19. The van der Waals surface area contributed by atoms with Crippen LogP contribution in [0, 0.1) is 5.82 Å². The van der Waals surface area contributed by atoms with Gasteiger partial charge in [0.2, 0.25) is 0 Å². The molecule has 1 aliphatic rings. The van der Waals surface area contributed by atoms with E-state index in [-0.39, 0.29) is 17.6 Å². The van der Waals surface area contributed by atoms with Gasteiger partial charge in [0.15, 0.2) is 0 Å². The predicted octanol–water partition coefficient (Wildman–Crippen LogP) is 3.49. The van der Waals surface area contributed by atoms with Crippen molar-refractivity contribution < 1.29 is 9.18 Å². The molecule has 0 aromatic heterocycles. The van der Waals surface area contributed by atoms with Crippen molar-refractivity contribution in [1.82, 2.24) is 9.80 Å². The Kier molecular flexibility index (Phi) is 4.67. The van der Waals surface area contributed by atoms with E-state index in [0.29, 0.717) is 5.56 Å². The lowest BCUT2D eigenvalue weighted by molar-refractivity contribution is 0.0827. The van der Waals surface area contributed by atoms with Gasteiger partial charge in [0.05, 0.1) is 0 Å². The SMILES string of the molecule is CN1CCC(c2ccccc2F)c2ccc(C(=O)N(C)C)cc2C1. The summed E-state index contributed by atoms with van der Waals surface area (Å²) in [5.74, 6) is -0.145. The highest BCUT2D eigenvalue weighted by atomic mass is 19.1. The summed E-state index contributed by atoms with van der Waals surface area (Å²) >= 11 is 0. The molecule has 1 atom stereocenters. The number of halogens is 1. The van der Waals surface area contributed by atoms with E-state index < -0.39 is 0 Å². The monoisotopic (exact) mass is 326 g/mol. The van der Waals surface area contributed by atoms with Gasteiger partial charge in [-0.3, -0.25) is 4.79 Å². The molecule has 0 saturated heterocycles. The summed E-state index contributed by atoms with van der Waals surface area (Å²) in [4.78, 5) is 16.1. The number of carbonyl (C=O) groups is 1. The minimum atomic E-state index is -0.161. The number of amides is 1. The van der Waals surface area contributed by atoms with E-state index in [1.807, 2.05) is 30.3 Å². The van der Waals surface area contributed by atoms with E-state index in [9.17, 15) is 9.18 Å². The zero-order valence-electron chi connectivity index (χ0n) is 14.4. The molecule has 0 aliphatic carbocycles. The van der Waals surface area contributed by atoms with Crippen molar-refractivity contribution in [2.75, 3.05) is 27.7 Å². The van der Waals surface area contributed by atoms with Crippen LogP contribution in [0.4, 0.5) is 4.39 Å². The van der Waals surface area contributed by atoms with Gasteiger partial charge in [0.1, 0.15) is 5.82 Å². The van der Waals surface area contributed by atoms with Gasteiger partial charge in [0.25, 0.3) is 5.91 Å². The van der Waals surface area contributed by atoms with Crippen molar-refractivity contribution in [1.29, 1.82) is 0 Å². The van der Waals surface area contributed by atoms with Crippen LogP contribution in [0.1, 0.15) is 39.4 Å². The zero-order chi connectivity index (χ0) is 17.3. The fourth-order valence-electron chi connectivity index (χ4n) is 3.43. The number of fused-ring (bicyclic) bond motifs is 1. The Morgan fingerprint density at radius 2 is 1.92 bits per heavy atom. The van der Waals surface area contributed by atoms with Gasteiger partial charge in [-0.1, -0.05) is 24.3 Å². The summed E-state index contributed by atoms with van der Waals surface area (Å²) in [6, 6.07) is 12.8. The third-order valence-corrected chi connectivity index (χ3v) is 4.69. The average Bonchev–Trinajstić information content (AvgIpc) is 2.72. The molecule has 0 spiro atoms. The number of carbonyl (C=O) groups excluding carboxylic acids is 1. The van der Waals surface area contributed by atoms with Crippen molar-refractivity contribution in [2.24, 2.45) is 0 Å². The van der Waals surface area contributed by atoms with Gasteiger partial charge in [-0.25, -0.2) is 4.39 Å². The van der Waals surface area contributed by atoms with Crippen LogP contribution in [0.2, 0.25) is 0 Å². The molecule has 2 aromatic rings. The van der Waals surface area contributed by atoms with Gasteiger partial charge in [-0.2, -0.15) is 0 Å². The molecule has 1 aliphatic heterocycles. The Labute approximate surface area is 142 Å². The van der Waals surface area contributed by atoms with Crippen LogP contribution in [-0.4, -0.2) is 43.4 Å². The molecule has 0 bridgehead atoms. The van der Waals surface area contributed by atoms with Crippen LogP contribution >= 0.6 is 0 Å². The Bertz CT molecular complexity index is 757. The Morgan fingerprint density at radius 3 is 2.62 bits per heavy atom. The van der Waals surface area contributed by atoms with Crippen molar-refractivity contribution in [3.05, 3.63) is 70.5 Å². The first kappa shape index (κ1) is 16.7. The summed E-state index contributed by atoms with van der Waals surface area (Å²) in [6.45, 7) is 1.67. The third-order valence-electron chi connectivity index (χ3n) is 4.69. The van der Waals surface area contributed by atoms with Gasteiger partial charge in [0, 0.05) is 32.1 Å². The summed E-state index contributed by atoms with van der Waals surface area (Å²) in [5, 5.41) is 0. The molecule has 3 nitrogen and oxygen atoms in total. The van der Waals surface area contributed by atoms with Gasteiger partial charge in [-0.05, 0) is 54.9 Å². The molecule has 4 heteroatoms. The minimum absolute atomic E-state index is 0.00728. The highest BCUT2D eigenvalue weighted by Gasteiger charge is 2.25. The van der Waals surface area contributed by atoms with E-state index in [1.54, 1.807) is 25.1 Å². The topological polar surface area (TPSA) is 23.6 Å². The quantitative estimate of drug-likeness (QED) is 0.843. The number of benzene rings is 2. The largest absolute Gasteiger partial charge is 0.345 e. The summed E-state index contributed by atoms with van der Waals surface area (Å²) in [5.41, 5.74) is 3.65. The van der Waals surface area contributed by atoms with Crippen molar-refractivity contribution in [2.45, 2.75) is 18.9 Å². The normalized spacial score (nSPS) is 17.9. The predicted molar refractivity (Wildman–Crippen MR) is 93.7 cm³/mol. The molecule has 1 amide bonds. The molecule has 126 valence electrons. The maximum Gasteiger partial charge on any atom is 0.253 e. The first-order valence-corrected chi connectivity index (χ1v) is 8.25. The number of rotatable bonds is 2. The molecule has 2 aromatic carbocycles. The second-order valence-corrected chi connectivity index (χ2v) is 6.71.